The fourth-order valence-electron chi connectivity index (χ4n) is 3.17. The minimum atomic E-state index is -3.96. The first-order valence-electron chi connectivity index (χ1n) is 10.3. The zero-order valence-corrected chi connectivity index (χ0v) is 19.8. The molecule has 2 aromatic carbocycles. The average molecular weight is 477 g/mol. The molecule has 0 aliphatic rings. The van der Waals surface area contributed by atoms with E-state index in [0.717, 1.165) is 27.8 Å². The van der Waals surface area contributed by atoms with Crippen molar-refractivity contribution in [3.63, 3.8) is 0 Å². The monoisotopic (exact) mass is 476 g/mol. The lowest BCUT2D eigenvalue weighted by molar-refractivity contribution is -0.384. The summed E-state index contributed by atoms with van der Waals surface area (Å²) in [4.78, 5) is 37.6. The molecule has 178 valence electrons. The molecule has 2 rings (SSSR count). The van der Waals surface area contributed by atoms with Gasteiger partial charge in [0, 0.05) is 25.2 Å². The number of nitro benzene ring substituents is 1. The number of nitro groups is 1. The van der Waals surface area contributed by atoms with Crippen molar-refractivity contribution in [2.75, 3.05) is 23.7 Å². The predicted octanol–water partition coefficient (Wildman–Crippen LogP) is 2.22. The lowest BCUT2D eigenvalue weighted by Gasteiger charge is -2.31. The van der Waals surface area contributed by atoms with Crippen LogP contribution < -0.4 is 9.62 Å². The molecule has 33 heavy (non-hydrogen) atoms. The topological polar surface area (TPSA) is 130 Å². The summed E-state index contributed by atoms with van der Waals surface area (Å²) < 4.78 is 25.8. The van der Waals surface area contributed by atoms with Crippen molar-refractivity contribution in [2.24, 2.45) is 0 Å². The Kier molecular flexibility index (Phi) is 8.52. The van der Waals surface area contributed by atoms with E-state index in [-0.39, 0.29) is 23.8 Å². The first kappa shape index (κ1) is 25.8. The van der Waals surface area contributed by atoms with Crippen molar-refractivity contribution in [1.82, 2.24) is 10.2 Å². The van der Waals surface area contributed by atoms with Crippen LogP contribution in [0.25, 0.3) is 0 Å². The number of sulfonamides is 1. The van der Waals surface area contributed by atoms with Gasteiger partial charge in [-0.1, -0.05) is 35.9 Å². The summed E-state index contributed by atoms with van der Waals surface area (Å²) in [6, 6.07) is 11.6. The van der Waals surface area contributed by atoms with Gasteiger partial charge in [-0.25, -0.2) is 8.42 Å². The molecule has 0 saturated heterocycles. The van der Waals surface area contributed by atoms with Gasteiger partial charge in [0.15, 0.2) is 0 Å². The van der Waals surface area contributed by atoms with Gasteiger partial charge in [-0.3, -0.25) is 24.0 Å². The molecule has 0 fully saturated rings. The highest BCUT2D eigenvalue weighted by Gasteiger charge is 2.30. The zero-order chi connectivity index (χ0) is 24.8. The predicted molar refractivity (Wildman–Crippen MR) is 125 cm³/mol. The molecule has 2 aromatic rings. The molecule has 1 atom stereocenters. The summed E-state index contributed by atoms with van der Waals surface area (Å²) in [6.45, 7) is 5.09. The van der Waals surface area contributed by atoms with Crippen LogP contribution >= 0.6 is 0 Å². The van der Waals surface area contributed by atoms with Crippen LogP contribution in [0.4, 0.5) is 11.4 Å². The number of carbonyl (C=O) groups is 2. The Morgan fingerprint density at radius 2 is 1.79 bits per heavy atom. The fourth-order valence-corrected chi connectivity index (χ4v) is 4.01. The number of hydrogen-bond acceptors (Lipinski definition) is 6. The molecule has 0 aliphatic heterocycles. The van der Waals surface area contributed by atoms with Crippen LogP contribution in [0.15, 0.2) is 48.5 Å². The number of carbonyl (C=O) groups excluding carboxylic acids is 2. The zero-order valence-electron chi connectivity index (χ0n) is 19.0. The maximum atomic E-state index is 13.3. The maximum absolute atomic E-state index is 13.3. The molecular weight excluding hydrogens is 448 g/mol. The van der Waals surface area contributed by atoms with Crippen molar-refractivity contribution in [3.05, 3.63) is 69.8 Å². The second-order valence-electron chi connectivity index (χ2n) is 7.62. The largest absolute Gasteiger partial charge is 0.355 e. The van der Waals surface area contributed by atoms with Gasteiger partial charge in [-0.2, -0.15) is 0 Å². The van der Waals surface area contributed by atoms with Gasteiger partial charge in [-0.05, 0) is 32.4 Å². The van der Waals surface area contributed by atoms with E-state index in [1.807, 2.05) is 31.2 Å². The van der Waals surface area contributed by atoms with Crippen molar-refractivity contribution in [2.45, 2.75) is 33.4 Å². The van der Waals surface area contributed by atoms with Crippen LogP contribution in [0.3, 0.4) is 0 Å². The summed E-state index contributed by atoms with van der Waals surface area (Å²) in [5.41, 5.74) is 1.48. The van der Waals surface area contributed by atoms with Gasteiger partial charge in [0.05, 0.1) is 16.9 Å². The van der Waals surface area contributed by atoms with Gasteiger partial charge in [0.1, 0.15) is 12.6 Å². The van der Waals surface area contributed by atoms with Crippen LogP contribution in [-0.4, -0.2) is 55.4 Å². The van der Waals surface area contributed by atoms with Gasteiger partial charge in [0.25, 0.3) is 5.69 Å². The van der Waals surface area contributed by atoms with Crippen LogP contribution in [-0.2, 0) is 26.2 Å². The highest BCUT2D eigenvalue weighted by atomic mass is 32.2. The minimum Gasteiger partial charge on any atom is -0.355 e. The van der Waals surface area contributed by atoms with E-state index in [1.54, 1.807) is 13.8 Å². The van der Waals surface area contributed by atoms with E-state index in [9.17, 15) is 28.1 Å². The smallest absolute Gasteiger partial charge is 0.271 e. The molecule has 1 N–H and O–H groups in total. The minimum absolute atomic E-state index is 0.0130. The summed E-state index contributed by atoms with van der Waals surface area (Å²) in [5.74, 6) is -0.995. The standard InChI is InChI=1S/C22H28N4O6S/c1-5-23-22(28)17(3)24(14-18-11-9-16(2)10-12-18)21(27)15-25(33(4,31)32)19-7-6-8-20(13-19)26(29)30/h6-13,17H,5,14-15H2,1-4H3,(H,23,28)/t17-/m0/s1. The van der Waals surface area contributed by atoms with E-state index in [2.05, 4.69) is 5.32 Å². The Hall–Kier alpha value is -3.47. The van der Waals surface area contributed by atoms with E-state index >= 15 is 0 Å². The Morgan fingerprint density at radius 3 is 2.33 bits per heavy atom. The van der Waals surface area contributed by atoms with Gasteiger partial charge >= 0.3 is 0 Å². The number of nitrogens with one attached hydrogen (secondary N) is 1. The van der Waals surface area contributed by atoms with E-state index in [1.165, 1.54) is 23.1 Å². The molecule has 0 aromatic heterocycles. The first-order valence-corrected chi connectivity index (χ1v) is 12.1. The van der Waals surface area contributed by atoms with E-state index < -0.39 is 33.4 Å². The fraction of sp³-hybridized carbons (Fsp3) is 0.364. The first-order chi connectivity index (χ1) is 15.4. The highest BCUT2D eigenvalue weighted by Crippen LogP contribution is 2.24. The number of aryl methyl sites for hydroxylation is 1. The van der Waals surface area contributed by atoms with E-state index in [0.29, 0.717) is 6.54 Å². The van der Waals surface area contributed by atoms with Crippen molar-refractivity contribution in [1.29, 1.82) is 0 Å². The highest BCUT2D eigenvalue weighted by molar-refractivity contribution is 7.92. The Labute approximate surface area is 193 Å². The molecule has 2 amide bonds. The van der Waals surface area contributed by atoms with Gasteiger partial charge in [0.2, 0.25) is 21.8 Å². The second-order valence-corrected chi connectivity index (χ2v) is 9.53. The SMILES string of the molecule is CCNC(=O)[C@H](C)N(Cc1ccc(C)cc1)C(=O)CN(c1cccc([N+](=O)[O-])c1)S(C)(=O)=O. The molecule has 0 radical (unpaired) electrons. The lowest BCUT2D eigenvalue weighted by atomic mass is 10.1. The van der Waals surface area contributed by atoms with Crippen molar-refractivity contribution < 1.29 is 22.9 Å². The molecule has 10 nitrogen and oxygen atoms in total. The molecule has 0 aliphatic carbocycles. The maximum Gasteiger partial charge on any atom is 0.271 e. The number of amides is 2. The number of rotatable bonds is 10. The quantitative estimate of drug-likeness (QED) is 0.413. The third-order valence-corrected chi connectivity index (χ3v) is 6.14. The summed E-state index contributed by atoms with van der Waals surface area (Å²) in [5, 5.41) is 13.8. The second kappa shape index (κ2) is 10.9. The van der Waals surface area contributed by atoms with Gasteiger partial charge < -0.3 is 10.2 Å². The summed E-state index contributed by atoms with van der Waals surface area (Å²) in [6.07, 6.45) is 0.913. The number of hydrogen-bond donors (Lipinski definition) is 1. The molecule has 0 saturated carbocycles. The molecule has 0 heterocycles. The lowest BCUT2D eigenvalue weighted by Crippen LogP contribution is -2.51. The molecule has 11 heteroatoms. The van der Waals surface area contributed by atoms with Crippen LogP contribution in [0.2, 0.25) is 0 Å². The van der Waals surface area contributed by atoms with Crippen molar-refractivity contribution >= 4 is 33.2 Å². The number of anilines is 1. The number of nitrogens with zero attached hydrogens (tertiary/aromatic N) is 3. The van der Waals surface area contributed by atoms with Crippen LogP contribution in [0, 0.1) is 17.0 Å². The number of non-ortho nitro benzene ring substituents is 1. The van der Waals surface area contributed by atoms with Crippen LogP contribution in [0.5, 0.6) is 0 Å². The average Bonchev–Trinajstić information content (AvgIpc) is 2.75. The van der Waals surface area contributed by atoms with E-state index in [4.69, 9.17) is 0 Å². The number of benzene rings is 2. The third-order valence-electron chi connectivity index (χ3n) is 5.00. The number of likely N-dealkylation sites (N-methyl/N-ethyl adjacent to an activating group) is 1. The molecule has 0 spiro atoms. The Balaban J connectivity index is 2.41. The summed E-state index contributed by atoms with van der Waals surface area (Å²) in [7, 11) is -3.96. The normalized spacial score (nSPS) is 12.0. The van der Waals surface area contributed by atoms with Crippen LogP contribution in [0.1, 0.15) is 25.0 Å². The molecular formula is C22H28N4O6S. The Morgan fingerprint density at radius 1 is 1.15 bits per heavy atom. The molecule has 0 unspecified atom stereocenters. The summed E-state index contributed by atoms with van der Waals surface area (Å²) >= 11 is 0. The van der Waals surface area contributed by atoms with Gasteiger partial charge in [-0.15, -0.1) is 0 Å². The van der Waals surface area contributed by atoms with Crippen molar-refractivity contribution in [3.8, 4) is 0 Å². The third kappa shape index (κ3) is 7.01. The Bertz CT molecular complexity index is 1120. The molecule has 0 bridgehead atoms.